The fraction of sp³-hybridized carbons (Fsp3) is 0.220. The monoisotopic (exact) mass is 814 g/mol. The normalized spacial score (nSPS) is 16.6. The highest BCUT2D eigenvalue weighted by atomic mass is 35.5. The summed E-state index contributed by atoms with van der Waals surface area (Å²) in [5.74, 6) is 0.193. The number of amides is 2. The first-order valence-corrected chi connectivity index (χ1v) is 18.8. The Morgan fingerprint density at radius 3 is 1.82 bits per heavy atom. The van der Waals surface area contributed by atoms with Crippen LogP contribution in [0.15, 0.2) is 117 Å². The molecule has 12 nitrogen and oxygen atoms in total. The van der Waals surface area contributed by atoms with Crippen molar-refractivity contribution in [1.82, 2.24) is 19.8 Å². The van der Waals surface area contributed by atoms with Gasteiger partial charge in [-0.3, -0.25) is 9.59 Å². The summed E-state index contributed by atoms with van der Waals surface area (Å²) in [6.45, 7) is -0.887. The van der Waals surface area contributed by atoms with Crippen LogP contribution in [0.25, 0.3) is 33.5 Å². The predicted octanol–water partition coefficient (Wildman–Crippen LogP) is 9.48. The number of nitrogens with one attached hydrogen (secondary N) is 2. The van der Waals surface area contributed by atoms with Crippen LogP contribution < -0.4 is 15.4 Å². The Morgan fingerprint density at radius 1 is 0.719 bits per heavy atom. The minimum absolute atomic E-state index is 0.00866. The first-order valence-electron chi connectivity index (χ1n) is 18.1. The molecular weight excluding hydrogens is 781 g/mol. The highest BCUT2D eigenvalue weighted by Crippen LogP contribution is 2.29. The number of nitrogens with zero attached hydrogens (tertiary/aromatic N) is 4. The Labute approximate surface area is 334 Å². The van der Waals surface area contributed by atoms with Crippen molar-refractivity contribution in [3.8, 4) is 17.1 Å². The number of furan rings is 1. The standard InChI is InChI=1S/C22H18ClN3O3.C19H16ClF2N3O3/c23-14-7-8-18-20(12-14)29-22(25-18)24-15-9-10-26(13-15)21(27)17-5-2-1-4-16(17)19-6-3-11-28-19;20-11-5-6-14-16(9-11)28-19(24-14)23-12-7-8-25(10-12)17(26)13-3-1-2-4-15(13)27-18(21)22/h1-8,11-12,15H,9-10,13H2,(H,24,25);1-6,9,12,18H,7-8,10H2,(H,23,24)/t15-;12-/m11/s1. The number of fused-ring (bicyclic) bond motifs is 2. The van der Waals surface area contributed by atoms with E-state index in [0.717, 1.165) is 17.5 Å². The largest absolute Gasteiger partial charge is 0.464 e. The summed E-state index contributed by atoms with van der Waals surface area (Å²) in [7, 11) is 0. The number of alkyl halides is 2. The first kappa shape index (κ1) is 37.8. The topological polar surface area (TPSA) is 139 Å². The van der Waals surface area contributed by atoms with Gasteiger partial charge in [0.25, 0.3) is 23.8 Å². The molecule has 0 bridgehead atoms. The van der Waals surface area contributed by atoms with E-state index in [1.807, 2.05) is 47.4 Å². The third kappa shape index (κ3) is 8.66. The minimum atomic E-state index is -2.99. The van der Waals surface area contributed by atoms with Crippen molar-refractivity contribution in [2.75, 3.05) is 36.8 Å². The molecular formula is C41H34Cl2F2N6O6. The number of hydrogen-bond acceptors (Lipinski definition) is 10. The van der Waals surface area contributed by atoms with Gasteiger partial charge in [-0.1, -0.05) is 53.5 Å². The summed E-state index contributed by atoms with van der Waals surface area (Å²) in [5, 5.41) is 7.62. The number of para-hydroxylation sites is 1. The molecule has 0 spiro atoms. The Bertz CT molecular complexity index is 2530. The third-order valence-corrected chi connectivity index (χ3v) is 10.1. The van der Waals surface area contributed by atoms with Crippen molar-refractivity contribution in [2.45, 2.75) is 31.5 Å². The van der Waals surface area contributed by atoms with Crippen LogP contribution >= 0.6 is 23.2 Å². The highest BCUT2D eigenvalue weighted by Gasteiger charge is 2.31. The molecule has 292 valence electrons. The minimum Gasteiger partial charge on any atom is -0.464 e. The van der Waals surface area contributed by atoms with Crippen molar-refractivity contribution in [3.63, 3.8) is 0 Å². The molecule has 5 heterocycles. The summed E-state index contributed by atoms with van der Waals surface area (Å²) in [4.78, 5) is 38.1. The molecule has 9 rings (SSSR count). The molecule has 16 heteroatoms. The predicted molar refractivity (Wildman–Crippen MR) is 211 cm³/mol. The van der Waals surface area contributed by atoms with E-state index in [9.17, 15) is 18.4 Å². The molecule has 2 aliphatic rings. The van der Waals surface area contributed by atoms with Gasteiger partial charge in [-0.05, 0) is 67.4 Å². The number of likely N-dealkylation sites (tertiary alicyclic amines) is 2. The van der Waals surface area contributed by atoms with Crippen LogP contribution in [0.2, 0.25) is 10.0 Å². The van der Waals surface area contributed by atoms with Gasteiger partial charge < -0.3 is 38.4 Å². The van der Waals surface area contributed by atoms with E-state index in [0.29, 0.717) is 82.7 Å². The zero-order valence-electron chi connectivity index (χ0n) is 30.0. The average molecular weight is 816 g/mol. The number of ether oxygens (including phenoxy) is 1. The molecule has 2 fully saturated rings. The number of carbonyl (C=O) groups is 2. The molecule has 2 aliphatic heterocycles. The number of aromatic nitrogens is 2. The quantitative estimate of drug-likeness (QED) is 0.145. The second-order valence-electron chi connectivity index (χ2n) is 13.4. The number of oxazole rings is 2. The van der Waals surface area contributed by atoms with Crippen molar-refractivity contribution in [1.29, 1.82) is 0 Å². The van der Waals surface area contributed by atoms with E-state index < -0.39 is 6.61 Å². The van der Waals surface area contributed by atoms with Crippen LogP contribution in [-0.4, -0.2) is 76.5 Å². The Morgan fingerprint density at radius 2 is 1.26 bits per heavy atom. The fourth-order valence-corrected chi connectivity index (χ4v) is 7.22. The van der Waals surface area contributed by atoms with Crippen LogP contribution in [0.4, 0.5) is 20.8 Å². The van der Waals surface area contributed by atoms with Crippen LogP contribution in [0.1, 0.15) is 33.6 Å². The maximum Gasteiger partial charge on any atom is 0.387 e. The van der Waals surface area contributed by atoms with Crippen molar-refractivity contribution < 1.29 is 36.4 Å². The van der Waals surface area contributed by atoms with Crippen molar-refractivity contribution in [2.24, 2.45) is 0 Å². The van der Waals surface area contributed by atoms with Gasteiger partial charge in [0, 0.05) is 66.0 Å². The molecule has 0 aliphatic carbocycles. The fourth-order valence-electron chi connectivity index (χ4n) is 6.89. The second kappa shape index (κ2) is 16.5. The van der Waals surface area contributed by atoms with Gasteiger partial charge in [0.15, 0.2) is 11.2 Å². The molecule has 0 radical (unpaired) electrons. The van der Waals surface area contributed by atoms with E-state index in [1.165, 1.54) is 12.1 Å². The Balaban J connectivity index is 0.000000160. The van der Waals surface area contributed by atoms with Gasteiger partial charge in [-0.15, -0.1) is 0 Å². The third-order valence-electron chi connectivity index (χ3n) is 9.58. The van der Waals surface area contributed by atoms with Gasteiger partial charge in [-0.25, -0.2) is 0 Å². The lowest BCUT2D eigenvalue weighted by atomic mass is 10.0. The van der Waals surface area contributed by atoms with Gasteiger partial charge >= 0.3 is 6.61 Å². The Hall–Kier alpha value is -6.12. The summed E-state index contributed by atoms with van der Waals surface area (Å²) in [5.41, 5.74) is 4.18. The molecule has 4 aromatic carbocycles. The summed E-state index contributed by atoms with van der Waals surface area (Å²) < 4.78 is 46.5. The van der Waals surface area contributed by atoms with E-state index >= 15 is 0 Å². The van der Waals surface area contributed by atoms with E-state index in [1.54, 1.807) is 53.6 Å². The van der Waals surface area contributed by atoms with Gasteiger partial charge in [0.1, 0.15) is 22.5 Å². The number of halogens is 4. The van der Waals surface area contributed by atoms with E-state index in [4.69, 9.17) is 36.5 Å². The van der Waals surface area contributed by atoms with Crippen molar-refractivity contribution >= 4 is 69.2 Å². The molecule has 2 atom stereocenters. The number of carbonyl (C=O) groups excluding carboxylic acids is 2. The number of rotatable bonds is 9. The second-order valence-corrected chi connectivity index (χ2v) is 14.3. The number of hydrogen-bond donors (Lipinski definition) is 2. The van der Waals surface area contributed by atoms with Gasteiger partial charge in [0.2, 0.25) is 0 Å². The van der Waals surface area contributed by atoms with Gasteiger partial charge in [0.05, 0.1) is 17.4 Å². The lowest BCUT2D eigenvalue weighted by Gasteiger charge is -2.18. The highest BCUT2D eigenvalue weighted by molar-refractivity contribution is 6.31. The number of anilines is 2. The summed E-state index contributed by atoms with van der Waals surface area (Å²) in [6, 6.07) is 28.5. The molecule has 57 heavy (non-hydrogen) atoms. The van der Waals surface area contributed by atoms with Crippen LogP contribution in [0.3, 0.4) is 0 Å². The molecule has 7 aromatic rings. The summed E-state index contributed by atoms with van der Waals surface area (Å²) >= 11 is 11.9. The molecule has 2 N–H and O–H groups in total. The van der Waals surface area contributed by atoms with Crippen LogP contribution in [0, 0.1) is 0 Å². The van der Waals surface area contributed by atoms with Crippen molar-refractivity contribution in [3.05, 3.63) is 124 Å². The average Bonchev–Trinajstić information content (AvgIpc) is 4.06. The number of benzene rings is 4. The smallest absolute Gasteiger partial charge is 0.387 e. The molecule has 0 unspecified atom stereocenters. The SMILES string of the molecule is O=C(c1ccccc1-c1ccco1)N1CC[C@@H](Nc2nc3ccc(Cl)cc3o2)C1.O=C(c1ccccc1OC(F)F)N1CC[C@@H](Nc2nc3ccc(Cl)cc3o2)C1. The van der Waals surface area contributed by atoms with E-state index in [-0.39, 0.29) is 35.2 Å². The molecule has 0 saturated carbocycles. The lowest BCUT2D eigenvalue weighted by molar-refractivity contribution is -0.0502. The summed E-state index contributed by atoms with van der Waals surface area (Å²) in [6.07, 6.45) is 3.09. The van der Waals surface area contributed by atoms with E-state index in [2.05, 4.69) is 25.3 Å². The zero-order valence-corrected chi connectivity index (χ0v) is 31.6. The van der Waals surface area contributed by atoms with Crippen LogP contribution in [-0.2, 0) is 0 Å². The van der Waals surface area contributed by atoms with Crippen LogP contribution in [0.5, 0.6) is 5.75 Å². The molecule has 2 amide bonds. The van der Waals surface area contributed by atoms with Gasteiger partial charge in [-0.2, -0.15) is 18.7 Å². The Kier molecular flexibility index (Phi) is 11.0. The lowest BCUT2D eigenvalue weighted by Crippen LogP contribution is -2.32. The molecule has 3 aromatic heterocycles. The molecule has 2 saturated heterocycles. The first-order chi connectivity index (χ1) is 27.7. The zero-order chi connectivity index (χ0) is 39.5. The maximum atomic E-state index is 13.1. The maximum absolute atomic E-state index is 13.1.